The van der Waals surface area contributed by atoms with Gasteiger partial charge in [-0.2, -0.15) is 0 Å². The largest absolute Gasteiger partial charge is 0.483 e. The molecule has 0 aromatic carbocycles. The number of carbonyl (C=O) groups excluding carboxylic acids is 1. The van der Waals surface area contributed by atoms with Crippen molar-refractivity contribution >= 4 is 18.4 Å². The molecule has 3 heterocycles. The van der Waals surface area contributed by atoms with Crippen molar-refractivity contribution in [2.45, 2.75) is 70.3 Å². The highest BCUT2D eigenvalue weighted by Gasteiger charge is 2.42. The van der Waals surface area contributed by atoms with E-state index in [2.05, 4.69) is 27.1 Å². The van der Waals surface area contributed by atoms with Gasteiger partial charge in [0.15, 0.2) is 0 Å². The number of piperidine rings is 1. The zero-order chi connectivity index (χ0) is 22.7. The van der Waals surface area contributed by atoms with Crippen molar-refractivity contribution in [2.75, 3.05) is 31.6 Å². The number of aliphatic hydroxyl groups excluding tert-OH is 1. The lowest BCUT2D eigenvalue weighted by Crippen LogP contribution is -2.52. The monoisotopic (exact) mass is 438 g/mol. The van der Waals surface area contributed by atoms with Crippen LogP contribution in [-0.2, 0) is 25.6 Å². The Bertz CT molecular complexity index is 679. The van der Waals surface area contributed by atoms with Crippen LogP contribution in [0.4, 0.5) is 5.95 Å². The molecule has 0 bridgehead atoms. The van der Waals surface area contributed by atoms with Gasteiger partial charge in [0, 0.05) is 44.0 Å². The van der Waals surface area contributed by atoms with E-state index in [0.29, 0.717) is 12.6 Å². The van der Waals surface area contributed by atoms with Crippen LogP contribution in [0.3, 0.4) is 0 Å². The topological polar surface area (TPSA) is 134 Å². The van der Waals surface area contributed by atoms with Crippen LogP contribution >= 0.6 is 0 Å². The summed E-state index contributed by atoms with van der Waals surface area (Å²) >= 11 is 0. The number of nitrogens with one attached hydrogen (secondary N) is 1. The Morgan fingerprint density at radius 1 is 1.35 bits per heavy atom. The van der Waals surface area contributed by atoms with Crippen molar-refractivity contribution in [2.24, 2.45) is 0 Å². The lowest BCUT2D eigenvalue weighted by molar-refractivity contribution is -0.182. The van der Waals surface area contributed by atoms with E-state index in [1.54, 1.807) is 19.3 Å². The summed E-state index contributed by atoms with van der Waals surface area (Å²) in [5, 5.41) is 20.0. The number of aromatic nitrogens is 2. The summed E-state index contributed by atoms with van der Waals surface area (Å²) in [5.74, 6) is 0.0994. The number of likely N-dealkylation sites (tertiary alicyclic amines) is 1. The SMILES string of the molecule is CCOC(=O)CNc1ncc(CN2CCC3(CC2)C[C@H](O)C[C@H](CC)O3)cn1.O=CO. The molecular weight excluding hydrogens is 404 g/mol. The minimum absolute atomic E-state index is 0.0615. The maximum atomic E-state index is 11.4. The Hall–Kier alpha value is -2.30. The van der Waals surface area contributed by atoms with Gasteiger partial charge in [-0.15, -0.1) is 0 Å². The molecule has 2 aliphatic rings. The molecule has 2 fully saturated rings. The number of aliphatic hydroxyl groups is 1. The van der Waals surface area contributed by atoms with Gasteiger partial charge in [-0.05, 0) is 32.6 Å². The number of nitrogens with zero attached hydrogens (tertiary/aromatic N) is 3. The Morgan fingerprint density at radius 3 is 2.58 bits per heavy atom. The van der Waals surface area contributed by atoms with Crippen molar-refractivity contribution in [3.05, 3.63) is 18.0 Å². The molecule has 0 unspecified atom stereocenters. The second-order valence-corrected chi connectivity index (χ2v) is 7.88. The number of carbonyl (C=O) groups is 2. The first-order valence-corrected chi connectivity index (χ1v) is 10.8. The number of carboxylic acid groups (broad SMARTS) is 1. The van der Waals surface area contributed by atoms with Crippen LogP contribution in [0.15, 0.2) is 12.4 Å². The number of hydrogen-bond donors (Lipinski definition) is 3. The number of rotatable bonds is 7. The third kappa shape index (κ3) is 8.04. The van der Waals surface area contributed by atoms with E-state index in [-0.39, 0.29) is 36.8 Å². The van der Waals surface area contributed by atoms with Crippen molar-refractivity contribution in [1.82, 2.24) is 14.9 Å². The molecule has 2 atom stereocenters. The molecule has 174 valence electrons. The lowest BCUT2D eigenvalue weighted by atomic mass is 9.81. The summed E-state index contributed by atoms with van der Waals surface area (Å²) in [6, 6.07) is 0. The summed E-state index contributed by atoms with van der Waals surface area (Å²) in [6.45, 7) is 6.73. The Balaban J connectivity index is 0.00000107. The zero-order valence-corrected chi connectivity index (χ0v) is 18.3. The van der Waals surface area contributed by atoms with Gasteiger partial charge >= 0.3 is 5.97 Å². The van der Waals surface area contributed by atoms with Crippen molar-refractivity contribution in [3.8, 4) is 0 Å². The third-order valence-electron chi connectivity index (χ3n) is 5.59. The average Bonchev–Trinajstić information content (AvgIpc) is 2.75. The van der Waals surface area contributed by atoms with E-state index in [1.807, 2.05) is 0 Å². The summed E-state index contributed by atoms with van der Waals surface area (Å²) < 4.78 is 11.2. The molecule has 3 rings (SSSR count). The van der Waals surface area contributed by atoms with Gasteiger partial charge < -0.3 is 25.0 Å². The summed E-state index contributed by atoms with van der Waals surface area (Å²) in [7, 11) is 0. The van der Waals surface area contributed by atoms with E-state index in [9.17, 15) is 9.90 Å². The van der Waals surface area contributed by atoms with Gasteiger partial charge in [-0.1, -0.05) is 6.92 Å². The normalized spacial score (nSPS) is 22.8. The predicted octanol–water partition coefficient (Wildman–Crippen LogP) is 1.44. The predicted molar refractivity (Wildman–Crippen MR) is 113 cm³/mol. The maximum absolute atomic E-state index is 11.4. The van der Waals surface area contributed by atoms with Gasteiger partial charge in [-0.3, -0.25) is 14.5 Å². The second-order valence-electron chi connectivity index (χ2n) is 7.88. The van der Waals surface area contributed by atoms with E-state index in [4.69, 9.17) is 19.4 Å². The van der Waals surface area contributed by atoms with E-state index in [0.717, 1.165) is 57.3 Å². The van der Waals surface area contributed by atoms with E-state index in [1.165, 1.54) is 0 Å². The van der Waals surface area contributed by atoms with Crippen molar-refractivity contribution in [3.63, 3.8) is 0 Å². The number of ether oxygens (including phenoxy) is 2. The molecule has 3 N–H and O–H groups in total. The number of esters is 1. The Kier molecular flexibility index (Phi) is 10.1. The minimum Gasteiger partial charge on any atom is -0.483 e. The molecule has 2 saturated heterocycles. The fourth-order valence-electron chi connectivity index (χ4n) is 4.11. The molecule has 2 aliphatic heterocycles. The average molecular weight is 439 g/mol. The molecule has 1 spiro atoms. The first-order chi connectivity index (χ1) is 14.9. The van der Waals surface area contributed by atoms with Gasteiger partial charge in [-0.25, -0.2) is 9.97 Å². The highest BCUT2D eigenvalue weighted by atomic mass is 16.5. The fourth-order valence-corrected chi connectivity index (χ4v) is 4.11. The van der Waals surface area contributed by atoms with Crippen LogP contribution in [0.25, 0.3) is 0 Å². The van der Waals surface area contributed by atoms with Crippen LogP contribution in [0, 0.1) is 0 Å². The van der Waals surface area contributed by atoms with E-state index < -0.39 is 0 Å². The maximum Gasteiger partial charge on any atom is 0.325 e. The summed E-state index contributed by atoms with van der Waals surface area (Å²) in [5.41, 5.74) is 0.875. The van der Waals surface area contributed by atoms with Gasteiger partial charge in [0.1, 0.15) is 6.54 Å². The number of hydrogen-bond acceptors (Lipinski definition) is 9. The van der Waals surface area contributed by atoms with E-state index >= 15 is 0 Å². The first-order valence-electron chi connectivity index (χ1n) is 10.8. The van der Waals surface area contributed by atoms with Crippen LogP contribution in [0.2, 0.25) is 0 Å². The first kappa shape index (κ1) is 25.0. The highest BCUT2D eigenvalue weighted by molar-refractivity contribution is 5.74. The smallest absolute Gasteiger partial charge is 0.325 e. The third-order valence-corrected chi connectivity index (χ3v) is 5.59. The highest BCUT2D eigenvalue weighted by Crippen LogP contribution is 2.38. The number of anilines is 1. The summed E-state index contributed by atoms with van der Waals surface area (Å²) in [4.78, 5) is 30.7. The zero-order valence-electron chi connectivity index (χ0n) is 18.3. The fraction of sp³-hybridized carbons (Fsp3) is 0.714. The molecule has 0 aliphatic carbocycles. The Morgan fingerprint density at radius 2 is 2.00 bits per heavy atom. The van der Waals surface area contributed by atoms with Crippen molar-refractivity contribution < 1.29 is 29.3 Å². The van der Waals surface area contributed by atoms with Crippen LogP contribution in [0.1, 0.15) is 51.5 Å². The minimum atomic E-state index is -0.321. The molecule has 10 heteroatoms. The molecule has 1 aromatic rings. The quantitative estimate of drug-likeness (QED) is 0.424. The molecule has 0 amide bonds. The molecule has 1 aromatic heterocycles. The van der Waals surface area contributed by atoms with Crippen LogP contribution in [-0.4, -0.2) is 81.6 Å². The molecule has 10 nitrogen and oxygen atoms in total. The van der Waals surface area contributed by atoms with Crippen LogP contribution in [0.5, 0.6) is 0 Å². The lowest BCUT2D eigenvalue weighted by Gasteiger charge is -2.48. The molecular formula is C21H34N4O6. The van der Waals surface area contributed by atoms with Gasteiger partial charge in [0.2, 0.25) is 5.95 Å². The van der Waals surface area contributed by atoms with Crippen LogP contribution < -0.4 is 5.32 Å². The van der Waals surface area contributed by atoms with Gasteiger partial charge in [0.25, 0.3) is 6.47 Å². The van der Waals surface area contributed by atoms with Crippen molar-refractivity contribution in [1.29, 1.82) is 0 Å². The molecule has 0 saturated carbocycles. The second kappa shape index (κ2) is 12.5. The summed E-state index contributed by atoms with van der Waals surface area (Å²) in [6.07, 6.45) is 7.87. The molecule has 0 radical (unpaired) electrons. The van der Waals surface area contributed by atoms with Gasteiger partial charge in [0.05, 0.1) is 24.4 Å². The standard InChI is InChI=1S/C20H32N4O4.CH2O2/c1-3-17-9-16(25)10-20(28-17)5-7-24(8-6-20)14-15-11-21-19(22-12-15)23-13-18(26)27-4-2;2-1-3/h11-12,16-17,25H,3-10,13-14H2,1-2H3,(H,21,22,23);1H,(H,2,3)/t16-,17+;/m1./s1. The molecule has 31 heavy (non-hydrogen) atoms. The Labute approximate surface area is 183 Å².